The van der Waals surface area contributed by atoms with Crippen LogP contribution in [0, 0.1) is 0 Å². The van der Waals surface area contributed by atoms with E-state index in [-0.39, 0.29) is 5.56 Å². The van der Waals surface area contributed by atoms with Gasteiger partial charge in [0.05, 0.1) is 5.69 Å². The van der Waals surface area contributed by atoms with Crippen molar-refractivity contribution in [2.24, 2.45) is 7.05 Å². The quantitative estimate of drug-likeness (QED) is 0.637. The Morgan fingerprint density at radius 1 is 1.07 bits per heavy atom. The molecule has 0 unspecified atom stereocenters. The lowest BCUT2D eigenvalue weighted by molar-refractivity contribution is 0.493. The molecule has 1 fully saturated rings. The van der Waals surface area contributed by atoms with Gasteiger partial charge in [-0.15, -0.1) is 0 Å². The maximum Gasteiger partial charge on any atom is 0.255 e. The van der Waals surface area contributed by atoms with E-state index in [2.05, 4.69) is 50.1 Å². The average Bonchev–Trinajstić information content (AvgIpc) is 2.71. The zero-order valence-electron chi connectivity index (χ0n) is 15.2. The van der Waals surface area contributed by atoms with Gasteiger partial charge in [-0.25, -0.2) is 4.98 Å². The summed E-state index contributed by atoms with van der Waals surface area (Å²) in [5.74, 6) is 1.28. The standard InChI is InChI=1S/C21H21BrN4O/c1-25-20(27)14-19(16-5-9-23-10-6-16)24-21(25)26-11-7-15(8-12-26)17-3-2-4-18(22)13-17/h2-6,9-10,13-15H,7-8,11-12H2,1H3. The van der Waals surface area contributed by atoms with E-state index in [4.69, 9.17) is 4.98 Å². The van der Waals surface area contributed by atoms with Crippen LogP contribution < -0.4 is 10.5 Å². The van der Waals surface area contributed by atoms with E-state index >= 15 is 0 Å². The summed E-state index contributed by atoms with van der Waals surface area (Å²) in [6.07, 6.45) is 5.53. The first-order valence-electron chi connectivity index (χ1n) is 9.11. The molecular formula is C21H21BrN4O. The maximum atomic E-state index is 12.5. The Balaban J connectivity index is 1.58. The maximum absolute atomic E-state index is 12.5. The van der Waals surface area contributed by atoms with Crippen LogP contribution in [0.1, 0.15) is 24.3 Å². The third-order valence-corrected chi connectivity index (χ3v) is 5.68. The number of aromatic nitrogens is 3. The lowest BCUT2D eigenvalue weighted by Gasteiger charge is -2.33. The first-order chi connectivity index (χ1) is 13.1. The van der Waals surface area contributed by atoms with Crippen molar-refractivity contribution in [3.63, 3.8) is 0 Å². The molecule has 0 atom stereocenters. The molecule has 0 radical (unpaired) electrons. The van der Waals surface area contributed by atoms with Crippen molar-refractivity contribution in [2.75, 3.05) is 18.0 Å². The molecule has 0 aliphatic carbocycles. The van der Waals surface area contributed by atoms with Crippen molar-refractivity contribution in [1.82, 2.24) is 14.5 Å². The number of rotatable bonds is 3. The molecule has 0 amide bonds. The lowest BCUT2D eigenvalue weighted by atomic mass is 9.89. The molecule has 4 rings (SSSR count). The van der Waals surface area contributed by atoms with Crippen molar-refractivity contribution in [3.05, 3.63) is 75.2 Å². The Labute approximate surface area is 166 Å². The van der Waals surface area contributed by atoms with Gasteiger partial charge in [0.15, 0.2) is 0 Å². The highest BCUT2D eigenvalue weighted by Gasteiger charge is 2.23. The third kappa shape index (κ3) is 3.81. The molecule has 0 bridgehead atoms. The molecule has 0 saturated carbocycles. The fourth-order valence-electron chi connectivity index (χ4n) is 3.65. The molecule has 1 aliphatic rings. The molecule has 2 aromatic heterocycles. The Hall–Kier alpha value is -2.47. The summed E-state index contributed by atoms with van der Waals surface area (Å²) < 4.78 is 2.76. The molecule has 0 spiro atoms. The molecule has 27 heavy (non-hydrogen) atoms. The number of hydrogen-bond acceptors (Lipinski definition) is 4. The second-order valence-corrected chi connectivity index (χ2v) is 7.81. The van der Waals surface area contributed by atoms with Crippen LogP contribution in [0.2, 0.25) is 0 Å². The van der Waals surface area contributed by atoms with Crippen molar-refractivity contribution in [3.8, 4) is 11.3 Å². The van der Waals surface area contributed by atoms with Crippen molar-refractivity contribution < 1.29 is 0 Å². The molecule has 0 N–H and O–H groups in total. The first kappa shape index (κ1) is 17.9. The van der Waals surface area contributed by atoms with Gasteiger partial charge < -0.3 is 4.90 Å². The summed E-state index contributed by atoms with van der Waals surface area (Å²) in [5, 5.41) is 0. The second kappa shape index (κ2) is 7.64. The number of nitrogens with zero attached hydrogens (tertiary/aromatic N) is 4. The number of halogens is 1. The Morgan fingerprint density at radius 2 is 1.81 bits per heavy atom. The van der Waals surface area contributed by atoms with Gasteiger partial charge in [0, 0.05) is 48.6 Å². The van der Waals surface area contributed by atoms with E-state index in [1.54, 1.807) is 30.1 Å². The molecule has 1 aliphatic heterocycles. The Kier molecular flexibility index (Phi) is 5.07. The highest BCUT2D eigenvalue weighted by atomic mass is 79.9. The third-order valence-electron chi connectivity index (χ3n) is 5.19. The number of pyridine rings is 1. The van der Waals surface area contributed by atoms with Gasteiger partial charge in [0.1, 0.15) is 0 Å². The minimum Gasteiger partial charge on any atom is -0.342 e. The number of anilines is 1. The smallest absolute Gasteiger partial charge is 0.255 e. The van der Waals surface area contributed by atoms with Crippen LogP contribution in [0.5, 0.6) is 0 Å². The molecule has 3 aromatic rings. The topological polar surface area (TPSA) is 51.0 Å². The van der Waals surface area contributed by atoms with Crippen LogP contribution in [0.3, 0.4) is 0 Å². The minimum absolute atomic E-state index is 0.0408. The summed E-state index contributed by atoms with van der Waals surface area (Å²) in [6, 6.07) is 13.9. The Morgan fingerprint density at radius 3 is 2.52 bits per heavy atom. The zero-order chi connectivity index (χ0) is 18.8. The van der Waals surface area contributed by atoms with E-state index in [1.807, 2.05) is 12.1 Å². The van der Waals surface area contributed by atoms with Crippen LogP contribution in [0.25, 0.3) is 11.3 Å². The molecular weight excluding hydrogens is 404 g/mol. The summed E-state index contributed by atoms with van der Waals surface area (Å²) in [6.45, 7) is 1.77. The number of hydrogen-bond donors (Lipinski definition) is 0. The van der Waals surface area contributed by atoms with Crippen molar-refractivity contribution in [2.45, 2.75) is 18.8 Å². The second-order valence-electron chi connectivity index (χ2n) is 6.89. The van der Waals surface area contributed by atoms with E-state index in [0.717, 1.165) is 41.9 Å². The summed E-state index contributed by atoms with van der Waals surface area (Å²) in [5.41, 5.74) is 2.94. The normalized spacial score (nSPS) is 15.1. The molecule has 3 heterocycles. The van der Waals surface area contributed by atoms with Crippen molar-refractivity contribution in [1.29, 1.82) is 0 Å². The van der Waals surface area contributed by atoms with E-state index in [0.29, 0.717) is 11.6 Å². The highest BCUT2D eigenvalue weighted by Crippen LogP contribution is 2.31. The SMILES string of the molecule is Cn1c(N2CCC(c3cccc(Br)c3)CC2)nc(-c2ccncc2)cc1=O. The van der Waals surface area contributed by atoms with Gasteiger partial charge in [-0.3, -0.25) is 14.3 Å². The minimum atomic E-state index is -0.0408. The van der Waals surface area contributed by atoms with Gasteiger partial charge in [0.25, 0.3) is 5.56 Å². The fraction of sp³-hybridized carbons (Fsp3) is 0.286. The molecule has 1 saturated heterocycles. The van der Waals surface area contributed by atoms with Gasteiger partial charge in [-0.1, -0.05) is 28.1 Å². The molecule has 6 heteroatoms. The van der Waals surface area contributed by atoms with Crippen LogP contribution in [0.4, 0.5) is 5.95 Å². The van der Waals surface area contributed by atoms with E-state index in [1.165, 1.54) is 5.56 Å². The lowest BCUT2D eigenvalue weighted by Crippen LogP contribution is -2.37. The monoisotopic (exact) mass is 424 g/mol. The number of piperidine rings is 1. The van der Waals surface area contributed by atoms with Crippen molar-refractivity contribution >= 4 is 21.9 Å². The van der Waals surface area contributed by atoms with Gasteiger partial charge in [0.2, 0.25) is 5.95 Å². The van der Waals surface area contributed by atoms with Gasteiger partial charge >= 0.3 is 0 Å². The zero-order valence-corrected chi connectivity index (χ0v) is 16.8. The molecule has 138 valence electrons. The highest BCUT2D eigenvalue weighted by molar-refractivity contribution is 9.10. The van der Waals surface area contributed by atoms with E-state index < -0.39 is 0 Å². The molecule has 5 nitrogen and oxygen atoms in total. The molecule has 1 aromatic carbocycles. The van der Waals surface area contributed by atoms with E-state index in [9.17, 15) is 4.79 Å². The predicted molar refractivity (Wildman–Crippen MR) is 111 cm³/mol. The van der Waals surface area contributed by atoms with Crippen LogP contribution in [-0.2, 0) is 7.05 Å². The number of benzene rings is 1. The van der Waals surface area contributed by atoms with Crippen LogP contribution in [0.15, 0.2) is 64.1 Å². The van der Waals surface area contributed by atoms with Gasteiger partial charge in [-0.05, 0) is 48.6 Å². The Bertz CT molecular complexity index is 995. The summed E-state index contributed by atoms with van der Waals surface area (Å²) in [7, 11) is 1.79. The summed E-state index contributed by atoms with van der Waals surface area (Å²) in [4.78, 5) is 23.5. The van der Waals surface area contributed by atoms with Gasteiger partial charge in [-0.2, -0.15) is 0 Å². The largest absolute Gasteiger partial charge is 0.342 e. The van der Waals surface area contributed by atoms with Crippen LogP contribution in [-0.4, -0.2) is 27.6 Å². The average molecular weight is 425 g/mol. The summed E-state index contributed by atoms with van der Waals surface area (Å²) >= 11 is 3.56. The first-order valence-corrected chi connectivity index (χ1v) is 9.90. The fourth-order valence-corrected chi connectivity index (χ4v) is 4.07. The van der Waals surface area contributed by atoms with Crippen LogP contribution >= 0.6 is 15.9 Å². The predicted octanol–water partition coefficient (Wildman–Crippen LogP) is 3.99.